The Morgan fingerprint density at radius 2 is 1.82 bits per heavy atom. The Morgan fingerprint density at radius 3 is 2.67 bits per heavy atom. The standard InChI is InChI=1S/C26H24FN5O/c1-18-16-19(7-8-23(18)27)25-22(6-3-10-28-25)24-9-11-29-26(31-24)30-20-4-2-5-21(17-20)32-12-14-33-15-13-32/h2-11,16-17H,12-15H2,1H3,(H,29,30,31). The smallest absolute Gasteiger partial charge is 0.227 e. The summed E-state index contributed by atoms with van der Waals surface area (Å²) in [7, 11) is 0. The van der Waals surface area contributed by atoms with Crippen LogP contribution in [0.4, 0.5) is 21.7 Å². The first-order valence-corrected chi connectivity index (χ1v) is 10.9. The Bertz CT molecular complexity index is 1270. The monoisotopic (exact) mass is 441 g/mol. The van der Waals surface area contributed by atoms with Gasteiger partial charge in [0.2, 0.25) is 5.95 Å². The molecular formula is C26H24FN5O. The normalized spacial score (nSPS) is 13.7. The molecule has 33 heavy (non-hydrogen) atoms. The van der Waals surface area contributed by atoms with Crippen LogP contribution in [0.5, 0.6) is 0 Å². The number of nitrogens with zero attached hydrogens (tertiary/aromatic N) is 4. The molecule has 2 aromatic carbocycles. The van der Waals surface area contributed by atoms with Crippen LogP contribution in [0.2, 0.25) is 0 Å². The van der Waals surface area contributed by atoms with Gasteiger partial charge >= 0.3 is 0 Å². The number of halogens is 1. The average Bonchev–Trinajstić information content (AvgIpc) is 2.87. The second-order valence-electron chi connectivity index (χ2n) is 7.90. The number of pyridine rings is 1. The summed E-state index contributed by atoms with van der Waals surface area (Å²) in [5.41, 5.74) is 5.82. The summed E-state index contributed by atoms with van der Waals surface area (Å²) in [5.74, 6) is 0.265. The molecule has 7 heteroatoms. The van der Waals surface area contributed by atoms with Crippen LogP contribution in [-0.2, 0) is 4.74 Å². The highest BCUT2D eigenvalue weighted by Gasteiger charge is 2.14. The molecular weight excluding hydrogens is 417 g/mol. The molecule has 5 rings (SSSR count). The van der Waals surface area contributed by atoms with Crippen LogP contribution >= 0.6 is 0 Å². The van der Waals surface area contributed by atoms with Gasteiger partial charge < -0.3 is 15.0 Å². The SMILES string of the molecule is Cc1cc(-c2ncccc2-c2ccnc(Nc3cccc(N4CCOCC4)c3)n2)ccc1F. The minimum absolute atomic E-state index is 0.232. The third-order valence-electron chi connectivity index (χ3n) is 5.65. The molecule has 0 atom stereocenters. The second kappa shape index (κ2) is 9.34. The summed E-state index contributed by atoms with van der Waals surface area (Å²) in [5, 5.41) is 3.32. The zero-order valence-electron chi connectivity index (χ0n) is 18.3. The maximum Gasteiger partial charge on any atom is 0.227 e. The van der Waals surface area contributed by atoms with Gasteiger partial charge in [0.1, 0.15) is 5.82 Å². The topological polar surface area (TPSA) is 63.2 Å². The molecule has 0 radical (unpaired) electrons. The molecule has 0 bridgehead atoms. The zero-order chi connectivity index (χ0) is 22.6. The van der Waals surface area contributed by atoms with Gasteiger partial charge in [0.05, 0.1) is 24.6 Å². The Labute approximate surface area is 192 Å². The molecule has 0 unspecified atom stereocenters. The van der Waals surface area contributed by atoms with Gasteiger partial charge in [0, 0.05) is 48.0 Å². The van der Waals surface area contributed by atoms with Gasteiger partial charge in [-0.2, -0.15) is 0 Å². The maximum atomic E-state index is 13.8. The molecule has 0 amide bonds. The number of ether oxygens (including phenoxy) is 1. The molecule has 4 aromatic rings. The first-order chi connectivity index (χ1) is 16.2. The number of hydrogen-bond donors (Lipinski definition) is 1. The Balaban J connectivity index is 1.43. The van der Waals surface area contributed by atoms with Crippen molar-refractivity contribution in [2.75, 3.05) is 36.5 Å². The quantitative estimate of drug-likeness (QED) is 0.457. The van der Waals surface area contributed by atoms with Crippen LogP contribution in [0.3, 0.4) is 0 Å². The van der Waals surface area contributed by atoms with Crippen LogP contribution in [0.25, 0.3) is 22.5 Å². The molecule has 0 saturated carbocycles. The van der Waals surface area contributed by atoms with Crippen molar-refractivity contribution in [2.24, 2.45) is 0 Å². The van der Waals surface area contributed by atoms with Crippen molar-refractivity contribution in [3.63, 3.8) is 0 Å². The van der Waals surface area contributed by atoms with Crippen molar-refractivity contribution in [1.29, 1.82) is 0 Å². The average molecular weight is 442 g/mol. The van der Waals surface area contributed by atoms with E-state index in [0.717, 1.165) is 60.2 Å². The van der Waals surface area contributed by atoms with E-state index < -0.39 is 0 Å². The number of nitrogens with one attached hydrogen (secondary N) is 1. The summed E-state index contributed by atoms with van der Waals surface area (Å²) in [6, 6.07) is 18.9. The van der Waals surface area contributed by atoms with E-state index in [4.69, 9.17) is 9.72 Å². The van der Waals surface area contributed by atoms with E-state index in [2.05, 4.69) is 32.3 Å². The van der Waals surface area contributed by atoms with E-state index in [0.29, 0.717) is 11.5 Å². The number of anilines is 3. The molecule has 1 saturated heterocycles. The summed E-state index contributed by atoms with van der Waals surface area (Å²) < 4.78 is 19.2. The molecule has 2 aromatic heterocycles. The van der Waals surface area contributed by atoms with Crippen LogP contribution in [0.15, 0.2) is 73.1 Å². The number of aromatic nitrogens is 3. The molecule has 166 valence electrons. The van der Waals surface area contributed by atoms with E-state index in [9.17, 15) is 4.39 Å². The largest absolute Gasteiger partial charge is 0.378 e. The highest BCUT2D eigenvalue weighted by atomic mass is 19.1. The highest BCUT2D eigenvalue weighted by molar-refractivity contribution is 5.79. The lowest BCUT2D eigenvalue weighted by molar-refractivity contribution is 0.122. The number of aryl methyl sites for hydroxylation is 1. The molecule has 6 nitrogen and oxygen atoms in total. The first kappa shape index (κ1) is 21.0. The Hall–Kier alpha value is -3.84. The van der Waals surface area contributed by atoms with Gasteiger partial charge in [-0.25, -0.2) is 14.4 Å². The van der Waals surface area contributed by atoms with Crippen LogP contribution in [-0.4, -0.2) is 41.3 Å². The molecule has 0 aliphatic carbocycles. The molecule has 1 aliphatic heterocycles. The van der Waals surface area contributed by atoms with Gasteiger partial charge in [-0.3, -0.25) is 4.98 Å². The van der Waals surface area contributed by atoms with E-state index in [-0.39, 0.29) is 5.82 Å². The van der Waals surface area contributed by atoms with Crippen LogP contribution in [0, 0.1) is 12.7 Å². The Morgan fingerprint density at radius 1 is 0.939 bits per heavy atom. The summed E-state index contributed by atoms with van der Waals surface area (Å²) in [6.07, 6.45) is 3.46. The van der Waals surface area contributed by atoms with Crippen LogP contribution in [0.1, 0.15) is 5.56 Å². The number of benzene rings is 2. The fourth-order valence-corrected chi connectivity index (χ4v) is 3.93. The lowest BCUT2D eigenvalue weighted by Gasteiger charge is -2.29. The van der Waals surface area contributed by atoms with Gasteiger partial charge in [-0.1, -0.05) is 6.07 Å². The van der Waals surface area contributed by atoms with Crippen molar-refractivity contribution in [3.8, 4) is 22.5 Å². The first-order valence-electron chi connectivity index (χ1n) is 10.9. The number of morpholine rings is 1. The Kier molecular flexibility index (Phi) is 5.95. The lowest BCUT2D eigenvalue weighted by atomic mass is 10.0. The third-order valence-corrected chi connectivity index (χ3v) is 5.65. The van der Waals surface area contributed by atoms with Crippen molar-refractivity contribution in [2.45, 2.75) is 6.92 Å². The van der Waals surface area contributed by atoms with Crippen molar-refractivity contribution in [3.05, 3.63) is 84.4 Å². The van der Waals surface area contributed by atoms with Crippen molar-refractivity contribution < 1.29 is 9.13 Å². The fourth-order valence-electron chi connectivity index (χ4n) is 3.93. The molecule has 0 spiro atoms. The molecule has 3 heterocycles. The summed E-state index contributed by atoms with van der Waals surface area (Å²) in [4.78, 5) is 16.0. The lowest BCUT2D eigenvalue weighted by Crippen LogP contribution is -2.36. The van der Waals surface area contributed by atoms with Gasteiger partial charge in [-0.15, -0.1) is 0 Å². The van der Waals surface area contributed by atoms with E-state index in [1.807, 2.05) is 30.3 Å². The molecule has 1 aliphatic rings. The van der Waals surface area contributed by atoms with Crippen LogP contribution < -0.4 is 10.2 Å². The van der Waals surface area contributed by atoms with Gasteiger partial charge in [0.15, 0.2) is 0 Å². The number of hydrogen-bond acceptors (Lipinski definition) is 6. The molecule has 1 N–H and O–H groups in total. The molecule has 1 fully saturated rings. The van der Waals surface area contributed by atoms with Crippen molar-refractivity contribution in [1.82, 2.24) is 15.0 Å². The fraction of sp³-hybridized carbons (Fsp3) is 0.192. The zero-order valence-corrected chi connectivity index (χ0v) is 18.3. The number of rotatable bonds is 5. The van der Waals surface area contributed by atoms with Gasteiger partial charge in [-0.05, 0) is 67.1 Å². The van der Waals surface area contributed by atoms with Crippen molar-refractivity contribution >= 4 is 17.3 Å². The minimum atomic E-state index is -0.232. The predicted octanol–water partition coefficient (Wildman–Crippen LogP) is 5.23. The minimum Gasteiger partial charge on any atom is -0.378 e. The van der Waals surface area contributed by atoms with E-state index in [1.54, 1.807) is 31.5 Å². The van der Waals surface area contributed by atoms with E-state index in [1.165, 1.54) is 6.07 Å². The summed E-state index contributed by atoms with van der Waals surface area (Å²) in [6.45, 7) is 4.98. The predicted molar refractivity (Wildman–Crippen MR) is 128 cm³/mol. The summed E-state index contributed by atoms with van der Waals surface area (Å²) >= 11 is 0. The third kappa shape index (κ3) is 4.68. The maximum absolute atomic E-state index is 13.8. The van der Waals surface area contributed by atoms with E-state index >= 15 is 0 Å². The van der Waals surface area contributed by atoms with Gasteiger partial charge in [0.25, 0.3) is 0 Å². The second-order valence-corrected chi connectivity index (χ2v) is 7.90. The highest BCUT2D eigenvalue weighted by Crippen LogP contribution is 2.31.